The van der Waals surface area contributed by atoms with E-state index in [1.54, 1.807) is 18.2 Å². The molecule has 0 heterocycles. The zero-order valence-corrected chi connectivity index (χ0v) is 9.89. The molecule has 15 heavy (non-hydrogen) atoms. The summed E-state index contributed by atoms with van der Waals surface area (Å²) in [7, 11) is 0. The highest BCUT2D eigenvalue weighted by molar-refractivity contribution is 6.34. The Labute approximate surface area is 99.8 Å². The van der Waals surface area contributed by atoms with Crippen molar-refractivity contribution >= 4 is 23.2 Å². The predicted molar refractivity (Wildman–Crippen MR) is 62.9 cm³/mol. The van der Waals surface area contributed by atoms with Gasteiger partial charge in [-0.05, 0) is 37.5 Å². The zero-order chi connectivity index (χ0) is 11.1. The van der Waals surface area contributed by atoms with Gasteiger partial charge in [0.05, 0.1) is 6.61 Å². The van der Waals surface area contributed by atoms with Crippen molar-refractivity contribution in [2.45, 2.75) is 19.3 Å². The summed E-state index contributed by atoms with van der Waals surface area (Å²) in [5.74, 6) is 0.691. The summed E-state index contributed by atoms with van der Waals surface area (Å²) in [6, 6.07) is 5.14. The minimum atomic E-state index is 0.239. The molecule has 4 heteroatoms. The molecule has 1 aromatic carbocycles. The summed E-state index contributed by atoms with van der Waals surface area (Å²) in [6.07, 6.45) is 2.70. The quantitative estimate of drug-likeness (QED) is 0.781. The summed E-state index contributed by atoms with van der Waals surface area (Å²) in [5, 5.41) is 9.73. The van der Waals surface area contributed by atoms with E-state index in [2.05, 4.69) is 0 Å². The Morgan fingerprint density at radius 1 is 1.00 bits per heavy atom. The van der Waals surface area contributed by atoms with Gasteiger partial charge < -0.3 is 9.84 Å². The van der Waals surface area contributed by atoms with E-state index in [0.29, 0.717) is 22.4 Å². The van der Waals surface area contributed by atoms with Crippen molar-refractivity contribution in [2.24, 2.45) is 0 Å². The Bertz CT molecular complexity index is 282. The third-order valence-corrected chi connectivity index (χ3v) is 2.34. The Kier molecular flexibility index (Phi) is 5.84. The SMILES string of the molecule is OCCCCCOc1cc(Cl)cc(Cl)c1. The first-order valence-electron chi connectivity index (χ1n) is 4.92. The summed E-state index contributed by atoms with van der Waals surface area (Å²) < 4.78 is 5.46. The molecule has 0 aliphatic carbocycles. The number of halogens is 2. The highest BCUT2D eigenvalue weighted by atomic mass is 35.5. The lowest BCUT2D eigenvalue weighted by Crippen LogP contribution is -1.97. The Hall–Kier alpha value is -0.440. The maximum atomic E-state index is 8.58. The van der Waals surface area contributed by atoms with E-state index < -0.39 is 0 Å². The van der Waals surface area contributed by atoms with Gasteiger partial charge in [-0.15, -0.1) is 0 Å². The van der Waals surface area contributed by atoms with Crippen LogP contribution < -0.4 is 4.74 Å². The van der Waals surface area contributed by atoms with Crippen molar-refractivity contribution in [3.05, 3.63) is 28.2 Å². The molecule has 2 nitrogen and oxygen atoms in total. The molecular formula is C11H14Cl2O2. The first-order valence-corrected chi connectivity index (χ1v) is 5.67. The van der Waals surface area contributed by atoms with Crippen molar-refractivity contribution in [3.8, 4) is 5.75 Å². The van der Waals surface area contributed by atoms with Crippen LogP contribution in [0.3, 0.4) is 0 Å². The third kappa shape index (κ3) is 5.26. The number of aliphatic hydroxyl groups excluding tert-OH is 1. The average molecular weight is 249 g/mol. The number of rotatable bonds is 6. The predicted octanol–water partition coefficient (Wildman–Crippen LogP) is 3.53. The molecule has 0 aliphatic heterocycles. The van der Waals surface area contributed by atoms with Crippen molar-refractivity contribution < 1.29 is 9.84 Å². The standard InChI is InChI=1S/C11H14Cl2O2/c12-9-6-10(13)8-11(7-9)15-5-3-1-2-4-14/h6-8,14H,1-5H2. The molecule has 0 saturated heterocycles. The van der Waals surface area contributed by atoms with Crippen LogP contribution in [-0.2, 0) is 0 Å². The fourth-order valence-corrected chi connectivity index (χ4v) is 1.70. The number of aliphatic hydroxyl groups is 1. The normalized spacial score (nSPS) is 10.3. The van der Waals surface area contributed by atoms with Gasteiger partial charge >= 0.3 is 0 Å². The van der Waals surface area contributed by atoms with Gasteiger partial charge in [0.2, 0.25) is 0 Å². The maximum Gasteiger partial charge on any atom is 0.122 e. The van der Waals surface area contributed by atoms with E-state index >= 15 is 0 Å². The first kappa shape index (κ1) is 12.6. The molecule has 0 saturated carbocycles. The van der Waals surface area contributed by atoms with E-state index in [0.717, 1.165) is 19.3 Å². The topological polar surface area (TPSA) is 29.5 Å². The van der Waals surface area contributed by atoms with E-state index in [4.69, 9.17) is 33.0 Å². The van der Waals surface area contributed by atoms with Gasteiger partial charge in [0.1, 0.15) is 5.75 Å². The molecule has 1 N–H and O–H groups in total. The summed E-state index contributed by atoms with van der Waals surface area (Å²) in [4.78, 5) is 0. The fraction of sp³-hybridized carbons (Fsp3) is 0.455. The van der Waals surface area contributed by atoms with Crippen LogP contribution in [0.2, 0.25) is 10.0 Å². The van der Waals surface area contributed by atoms with Crippen LogP contribution >= 0.6 is 23.2 Å². The molecule has 0 spiro atoms. The fourth-order valence-electron chi connectivity index (χ4n) is 1.19. The smallest absolute Gasteiger partial charge is 0.122 e. The molecule has 0 fully saturated rings. The van der Waals surface area contributed by atoms with E-state index in [-0.39, 0.29) is 6.61 Å². The van der Waals surface area contributed by atoms with Crippen LogP contribution in [0.25, 0.3) is 0 Å². The van der Waals surface area contributed by atoms with E-state index in [1.165, 1.54) is 0 Å². The van der Waals surface area contributed by atoms with Gasteiger partial charge in [0, 0.05) is 16.7 Å². The molecule has 84 valence electrons. The molecule has 0 radical (unpaired) electrons. The molecule has 0 aromatic heterocycles. The molecule has 1 aromatic rings. The van der Waals surface area contributed by atoms with Crippen molar-refractivity contribution in [1.29, 1.82) is 0 Å². The summed E-state index contributed by atoms with van der Waals surface area (Å²) >= 11 is 11.6. The molecule has 0 bridgehead atoms. The highest BCUT2D eigenvalue weighted by Gasteiger charge is 1.98. The highest BCUT2D eigenvalue weighted by Crippen LogP contribution is 2.24. The second-order valence-electron chi connectivity index (χ2n) is 3.24. The van der Waals surface area contributed by atoms with Gasteiger partial charge in [0.25, 0.3) is 0 Å². The Morgan fingerprint density at radius 3 is 2.27 bits per heavy atom. The molecule has 0 atom stereocenters. The van der Waals surface area contributed by atoms with Crippen LogP contribution in [0, 0.1) is 0 Å². The number of benzene rings is 1. The third-order valence-electron chi connectivity index (χ3n) is 1.91. The number of hydrogen-bond acceptors (Lipinski definition) is 2. The second-order valence-corrected chi connectivity index (χ2v) is 4.11. The lowest BCUT2D eigenvalue weighted by molar-refractivity contribution is 0.266. The molecular weight excluding hydrogens is 235 g/mol. The van der Waals surface area contributed by atoms with Gasteiger partial charge in [-0.3, -0.25) is 0 Å². The van der Waals surface area contributed by atoms with Crippen LogP contribution in [0.1, 0.15) is 19.3 Å². The number of unbranched alkanes of at least 4 members (excludes halogenated alkanes) is 2. The van der Waals surface area contributed by atoms with Crippen LogP contribution in [-0.4, -0.2) is 18.3 Å². The average Bonchev–Trinajstić information content (AvgIpc) is 2.16. The Balaban J connectivity index is 2.31. The van der Waals surface area contributed by atoms with E-state index in [1.807, 2.05) is 0 Å². The maximum absolute atomic E-state index is 8.58. The monoisotopic (exact) mass is 248 g/mol. The number of hydrogen-bond donors (Lipinski definition) is 1. The van der Waals surface area contributed by atoms with Crippen LogP contribution in [0.15, 0.2) is 18.2 Å². The van der Waals surface area contributed by atoms with Crippen molar-refractivity contribution in [2.75, 3.05) is 13.2 Å². The minimum Gasteiger partial charge on any atom is -0.493 e. The summed E-state index contributed by atoms with van der Waals surface area (Å²) in [5.41, 5.74) is 0. The van der Waals surface area contributed by atoms with E-state index in [9.17, 15) is 0 Å². The second kappa shape index (κ2) is 6.94. The largest absolute Gasteiger partial charge is 0.493 e. The Morgan fingerprint density at radius 2 is 1.67 bits per heavy atom. The molecule has 0 aliphatic rings. The van der Waals surface area contributed by atoms with Gasteiger partial charge in [-0.1, -0.05) is 23.2 Å². The van der Waals surface area contributed by atoms with Gasteiger partial charge in [-0.25, -0.2) is 0 Å². The van der Waals surface area contributed by atoms with Crippen molar-refractivity contribution in [1.82, 2.24) is 0 Å². The lowest BCUT2D eigenvalue weighted by atomic mass is 10.2. The lowest BCUT2D eigenvalue weighted by Gasteiger charge is -2.06. The van der Waals surface area contributed by atoms with Gasteiger partial charge in [-0.2, -0.15) is 0 Å². The van der Waals surface area contributed by atoms with Crippen LogP contribution in [0.5, 0.6) is 5.75 Å². The molecule has 0 unspecified atom stereocenters. The first-order chi connectivity index (χ1) is 7.22. The minimum absolute atomic E-state index is 0.239. The number of ether oxygens (including phenoxy) is 1. The van der Waals surface area contributed by atoms with Gasteiger partial charge in [0.15, 0.2) is 0 Å². The molecule has 1 rings (SSSR count). The summed E-state index contributed by atoms with van der Waals surface area (Å²) in [6.45, 7) is 0.861. The zero-order valence-electron chi connectivity index (χ0n) is 8.38. The molecule has 0 amide bonds. The van der Waals surface area contributed by atoms with Crippen molar-refractivity contribution in [3.63, 3.8) is 0 Å². The van der Waals surface area contributed by atoms with Crippen LogP contribution in [0.4, 0.5) is 0 Å².